The van der Waals surface area contributed by atoms with Gasteiger partial charge in [-0.05, 0) is 5.56 Å². The summed E-state index contributed by atoms with van der Waals surface area (Å²) < 4.78 is 0. The number of hydrogen-bond donors (Lipinski definition) is 2. The van der Waals surface area contributed by atoms with E-state index in [1.54, 1.807) is 12.1 Å². The first-order valence-electron chi connectivity index (χ1n) is 5.71. The summed E-state index contributed by atoms with van der Waals surface area (Å²) in [6.07, 6.45) is 0.274. The van der Waals surface area contributed by atoms with Crippen LogP contribution in [-0.2, 0) is 11.3 Å². The predicted molar refractivity (Wildman–Crippen MR) is 68.0 cm³/mol. The molecule has 0 heterocycles. The minimum absolute atomic E-state index is 0.0257. The van der Waals surface area contributed by atoms with Crippen molar-refractivity contribution in [2.24, 2.45) is 0 Å². The van der Waals surface area contributed by atoms with E-state index in [1.807, 2.05) is 6.07 Å². The van der Waals surface area contributed by atoms with Crippen LogP contribution in [0, 0.1) is 21.4 Å². The number of nitro benzene ring substituents is 1. The molecule has 0 spiro atoms. The highest BCUT2D eigenvalue weighted by Crippen LogP contribution is 2.12. The molecule has 19 heavy (non-hydrogen) atoms. The average Bonchev–Trinajstić information content (AvgIpc) is 2.39. The number of non-ortho nitro benzene ring substituents is 1. The number of benzene rings is 1. The molecule has 0 aliphatic heterocycles. The zero-order chi connectivity index (χ0) is 14.1. The van der Waals surface area contributed by atoms with E-state index in [-0.39, 0.29) is 24.6 Å². The Hall–Kier alpha value is -2.46. The molecule has 1 aromatic rings. The molecule has 0 atom stereocenters. The maximum Gasteiger partial charge on any atom is 0.269 e. The number of nitrogens with zero attached hydrogens (tertiary/aromatic N) is 2. The van der Waals surface area contributed by atoms with Gasteiger partial charge in [-0.15, -0.1) is 0 Å². The Labute approximate surface area is 110 Å². The Morgan fingerprint density at radius 2 is 2.26 bits per heavy atom. The summed E-state index contributed by atoms with van der Waals surface area (Å²) in [5.41, 5.74) is 0.761. The van der Waals surface area contributed by atoms with Gasteiger partial charge in [0.2, 0.25) is 5.91 Å². The van der Waals surface area contributed by atoms with Gasteiger partial charge in [0.25, 0.3) is 5.69 Å². The van der Waals surface area contributed by atoms with Crippen molar-refractivity contribution in [3.05, 3.63) is 39.9 Å². The largest absolute Gasteiger partial charge is 0.354 e. The van der Waals surface area contributed by atoms with Gasteiger partial charge in [-0.3, -0.25) is 14.9 Å². The van der Waals surface area contributed by atoms with Crippen molar-refractivity contribution < 1.29 is 9.72 Å². The lowest BCUT2D eigenvalue weighted by molar-refractivity contribution is -0.384. The molecule has 0 aliphatic rings. The second-order valence-corrected chi connectivity index (χ2v) is 3.79. The van der Waals surface area contributed by atoms with E-state index in [0.717, 1.165) is 5.56 Å². The van der Waals surface area contributed by atoms with Crippen molar-refractivity contribution in [1.29, 1.82) is 5.26 Å². The number of amides is 1. The highest BCUT2D eigenvalue weighted by atomic mass is 16.6. The Morgan fingerprint density at radius 3 is 2.95 bits per heavy atom. The Kier molecular flexibility index (Phi) is 5.98. The molecule has 0 radical (unpaired) electrons. The molecular weight excluding hydrogens is 248 g/mol. The summed E-state index contributed by atoms with van der Waals surface area (Å²) >= 11 is 0. The topological polar surface area (TPSA) is 108 Å². The molecular formula is C12H14N4O3. The summed E-state index contributed by atoms with van der Waals surface area (Å²) in [4.78, 5) is 21.4. The minimum atomic E-state index is -0.460. The lowest BCUT2D eigenvalue weighted by Crippen LogP contribution is -2.34. The fraction of sp³-hybridized carbons (Fsp3) is 0.333. The summed E-state index contributed by atoms with van der Waals surface area (Å²) in [6, 6.07) is 8.14. The smallest absolute Gasteiger partial charge is 0.269 e. The number of rotatable bonds is 7. The van der Waals surface area contributed by atoms with E-state index in [9.17, 15) is 14.9 Å². The summed E-state index contributed by atoms with van der Waals surface area (Å²) in [6.45, 7) is 0.801. The lowest BCUT2D eigenvalue weighted by atomic mass is 10.2. The van der Waals surface area contributed by atoms with Crippen molar-refractivity contribution in [1.82, 2.24) is 10.6 Å². The molecule has 2 N–H and O–H groups in total. The third-order valence-corrected chi connectivity index (χ3v) is 2.30. The van der Waals surface area contributed by atoms with Crippen molar-refractivity contribution in [3.8, 4) is 6.07 Å². The van der Waals surface area contributed by atoms with E-state index >= 15 is 0 Å². The quantitative estimate of drug-likeness (QED) is 0.427. The predicted octanol–water partition coefficient (Wildman–Crippen LogP) is 0.714. The minimum Gasteiger partial charge on any atom is -0.354 e. The van der Waals surface area contributed by atoms with Crippen LogP contribution in [0.5, 0.6) is 0 Å². The molecule has 7 nitrogen and oxygen atoms in total. The first kappa shape index (κ1) is 14.6. The first-order valence-corrected chi connectivity index (χ1v) is 5.71. The molecule has 1 rings (SSSR count). The van der Waals surface area contributed by atoms with Gasteiger partial charge in [-0.25, -0.2) is 0 Å². The van der Waals surface area contributed by atoms with Crippen LogP contribution in [0.25, 0.3) is 0 Å². The molecule has 1 amide bonds. The van der Waals surface area contributed by atoms with Crippen molar-refractivity contribution in [2.75, 3.05) is 13.1 Å². The van der Waals surface area contributed by atoms with Crippen LogP contribution < -0.4 is 10.6 Å². The van der Waals surface area contributed by atoms with Crippen LogP contribution in [0.2, 0.25) is 0 Å². The van der Waals surface area contributed by atoms with Crippen LogP contribution in [0.3, 0.4) is 0 Å². The number of hydrogen-bond acceptors (Lipinski definition) is 5. The number of carbonyl (C=O) groups excluding carboxylic acids is 1. The molecule has 7 heteroatoms. The molecule has 1 aromatic carbocycles. The van der Waals surface area contributed by atoms with Crippen molar-refractivity contribution in [2.45, 2.75) is 13.0 Å². The highest BCUT2D eigenvalue weighted by molar-refractivity contribution is 5.77. The summed E-state index contributed by atoms with van der Waals surface area (Å²) in [7, 11) is 0. The van der Waals surface area contributed by atoms with E-state index in [4.69, 9.17) is 5.26 Å². The van der Waals surface area contributed by atoms with E-state index in [0.29, 0.717) is 13.1 Å². The molecule has 0 saturated heterocycles. The van der Waals surface area contributed by atoms with Crippen molar-refractivity contribution in [3.63, 3.8) is 0 Å². The molecule has 0 aliphatic carbocycles. The van der Waals surface area contributed by atoms with Gasteiger partial charge in [-0.2, -0.15) is 5.26 Å². The average molecular weight is 262 g/mol. The van der Waals surface area contributed by atoms with E-state index in [2.05, 4.69) is 10.6 Å². The summed E-state index contributed by atoms with van der Waals surface area (Å²) in [5.74, 6) is -0.208. The number of nitriles is 1. The monoisotopic (exact) mass is 262 g/mol. The number of nitrogens with one attached hydrogen (secondary N) is 2. The zero-order valence-corrected chi connectivity index (χ0v) is 10.3. The summed E-state index contributed by atoms with van der Waals surface area (Å²) in [5, 5.41) is 24.3. The molecule has 0 bridgehead atoms. The van der Waals surface area contributed by atoms with Gasteiger partial charge in [0.05, 0.1) is 24.0 Å². The Balaban J connectivity index is 2.33. The van der Waals surface area contributed by atoms with Gasteiger partial charge >= 0.3 is 0 Å². The van der Waals surface area contributed by atoms with Crippen LogP contribution in [0.1, 0.15) is 12.0 Å². The number of nitro groups is 1. The van der Waals surface area contributed by atoms with Gasteiger partial charge < -0.3 is 10.6 Å². The third-order valence-electron chi connectivity index (χ3n) is 2.30. The molecule has 0 aromatic heterocycles. The molecule has 0 fully saturated rings. The van der Waals surface area contributed by atoms with E-state index in [1.165, 1.54) is 12.1 Å². The Bertz CT molecular complexity index is 496. The maximum atomic E-state index is 11.3. The van der Waals surface area contributed by atoms with Gasteiger partial charge in [0.15, 0.2) is 0 Å². The van der Waals surface area contributed by atoms with Crippen LogP contribution in [-0.4, -0.2) is 23.9 Å². The Morgan fingerprint density at radius 1 is 1.47 bits per heavy atom. The molecule has 0 unspecified atom stereocenters. The highest BCUT2D eigenvalue weighted by Gasteiger charge is 2.05. The van der Waals surface area contributed by atoms with Gasteiger partial charge in [-0.1, -0.05) is 12.1 Å². The third kappa shape index (κ3) is 5.61. The standard InChI is InChI=1S/C12H14N4O3/c13-5-2-6-15-12(17)9-14-8-10-3-1-4-11(7-10)16(18)19/h1,3-4,7,14H,2,6,8-9H2,(H,15,17). The maximum absolute atomic E-state index is 11.3. The fourth-order valence-corrected chi connectivity index (χ4v) is 1.42. The molecule has 0 saturated carbocycles. The SMILES string of the molecule is N#CCCNC(=O)CNCc1cccc([N+](=O)[O-])c1. The van der Waals surface area contributed by atoms with Crippen LogP contribution in [0.15, 0.2) is 24.3 Å². The molecule has 100 valence electrons. The second-order valence-electron chi connectivity index (χ2n) is 3.79. The van der Waals surface area contributed by atoms with Crippen molar-refractivity contribution >= 4 is 11.6 Å². The second kappa shape index (κ2) is 7.79. The van der Waals surface area contributed by atoms with Crippen LogP contribution in [0.4, 0.5) is 5.69 Å². The zero-order valence-electron chi connectivity index (χ0n) is 10.3. The van der Waals surface area contributed by atoms with Crippen LogP contribution >= 0.6 is 0 Å². The fourth-order valence-electron chi connectivity index (χ4n) is 1.42. The van der Waals surface area contributed by atoms with Gasteiger partial charge in [0.1, 0.15) is 0 Å². The normalized spacial score (nSPS) is 9.63. The van der Waals surface area contributed by atoms with E-state index < -0.39 is 4.92 Å². The first-order chi connectivity index (χ1) is 9.13. The number of carbonyl (C=O) groups is 1. The van der Waals surface area contributed by atoms with Gasteiger partial charge in [0, 0.05) is 25.2 Å². The lowest BCUT2D eigenvalue weighted by Gasteiger charge is -2.05.